The van der Waals surface area contributed by atoms with Crippen LogP contribution in [0.4, 0.5) is 0 Å². The zero-order valence-electron chi connectivity index (χ0n) is 11.9. The van der Waals surface area contributed by atoms with Crippen LogP contribution >= 0.6 is 34.8 Å². The van der Waals surface area contributed by atoms with Gasteiger partial charge in [-0.3, -0.25) is 0 Å². The second-order valence-corrected chi connectivity index (χ2v) is 6.59. The number of hydrogen-bond acceptors (Lipinski definition) is 3. The molecule has 0 radical (unpaired) electrons. The highest BCUT2D eigenvalue weighted by Gasteiger charge is 2.09. The van der Waals surface area contributed by atoms with E-state index in [0.717, 1.165) is 6.54 Å². The first-order chi connectivity index (χ1) is 9.29. The van der Waals surface area contributed by atoms with Crippen LogP contribution in [0.15, 0.2) is 12.1 Å². The number of hydrogen-bond donors (Lipinski definition) is 1. The number of nitrogens with one attached hydrogen (secondary N) is 1. The van der Waals surface area contributed by atoms with Gasteiger partial charge in [0, 0.05) is 17.1 Å². The molecule has 1 rings (SSSR count). The molecule has 0 unspecified atom stereocenters. The second-order valence-electron chi connectivity index (χ2n) is 5.34. The first kappa shape index (κ1) is 17.9. The lowest BCUT2D eigenvalue weighted by Crippen LogP contribution is -2.38. The van der Waals surface area contributed by atoms with Gasteiger partial charge < -0.3 is 14.8 Å². The van der Waals surface area contributed by atoms with Crippen molar-refractivity contribution in [3.8, 4) is 5.75 Å². The summed E-state index contributed by atoms with van der Waals surface area (Å²) in [7, 11) is 0. The minimum Gasteiger partial charge on any atom is -0.488 e. The van der Waals surface area contributed by atoms with Crippen LogP contribution in [0, 0.1) is 0 Å². The van der Waals surface area contributed by atoms with Gasteiger partial charge in [0.25, 0.3) is 0 Å². The summed E-state index contributed by atoms with van der Waals surface area (Å²) in [6, 6.07) is 3.19. The van der Waals surface area contributed by atoms with Crippen molar-refractivity contribution in [1.29, 1.82) is 0 Å². The molecular weight excluding hydrogens is 321 g/mol. The van der Waals surface area contributed by atoms with Crippen molar-refractivity contribution in [1.82, 2.24) is 5.32 Å². The maximum atomic E-state index is 6.00. The minimum absolute atomic E-state index is 0.101. The van der Waals surface area contributed by atoms with E-state index in [1.165, 1.54) is 0 Å². The summed E-state index contributed by atoms with van der Waals surface area (Å²) in [5.74, 6) is 0.439. The lowest BCUT2D eigenvalue weighted by atomic mass is 10.1. The maximum Gasteiger partial charge on any atom is 0.156 e. The molecule has 0 aromatic heterocycles. The molecule has 0 saturated heterocycles. The SMILES string of the molecule is CC(C)(C)NCCOCCOc1c(Cl)cc(Cl)cc1Cl. The molecule has 6 heteroatoms. The summed E-state index contributed by atoms with van der Waals surface area (Å²) in [5, 5.41) is 4.62. The zero-order valence-corrected chi connectivity index (χ0v) is 14.2. The van der Waals surface area contributed by atoms with Crippen molar-refractivity contribution in [3.05, 3.63) is 27.2 Å². The quantitative estimate of drug-likeness (QED) is 0.745. The minimum atomic E-state index is 0.101. The molecule has 0 amide bonds. The van der Waals surface area contributed by atoms with E-state index in [4.69, 9.17) is 44.3 Å². The Morgan fingerprint density at radius 2 is 1.60 bits per heavy atom. The standard InChI is InChI=1S/C14H20Cl3NO2/c1-14(2,3)18-4-5-19-6-7-20-13-11(16)8-10(15)9-12(13)17/h8-9,18H,4-7H2,1-3H3. The Bertz CT molecular complexity index is 410. The number of benzene rings is 1. The van der Waals surface area contributed by atoms with Gasteiger partial charge in [-0.05, 0) is 32.9 Å². The van der Waals surface area contributed by atoms with Crippen LogP contribution in [0.2, 0.25) is 15.1 Å². The zero-order chi connectivity index (χ0) is 15.2. The van der Waals surface area contributed by atoms with Gasteiger partial charge in [0.15, 0.2) is 5.75 Å². The predicted molar refractivity (Wildman–Crippen MR) is 85.5 cm³/mol. The third kappa shape index (κ3) is 7.00. The van der Waals surface area contributed by atoms with E-state index in [1.807, 2.05) is 0 Å². The summed E-state index contributed by atoms with van der Waals surface area (Å²) in [5.41, 5.74) is 0.101. The van der Waals surface area contributed by atoms with Gasteiger partial charge in [0.2, 0.25) is 0 Å². The Morgan fingerprint density at radius 3 is 2.15 bits per heavy atom. The third-order valence-corrected chi connectivity index (χ3v) is 3.12. The van der Waals surface area contributed by atoms with Gasteiger partial charge in [0.1, 0.15) is 6.61 Å². The van der Waals surface area contributed by atoms with Crippen LogP contribution < -0.4 is 10.1 Å². The fourth-order valence-corrected chi connectivity index (χ4v) is 2.40. The van der Waals surface area contributed by atoms with Gasteiger partial charge in [-0.2, -0.15) is 0 Å². The molecule has 114 valence electrons. The van der Waals surface area contributed by atoms with Crippen molar-refractivity contribution < 1.29 is 9.47 Å². The molecule has 1 N–H and O–H groups in total. The monoisotopic (exact) mass is 339 g/mol. The Kier molecular flexibility index (Phi) is 7.41. The predicted octanol–water partition coefficient (Wildman–Crippen LogP) is 4.43. The molecule has 1 aromatic carbocycles. The van der Waals surface area contributed by atoms with Crippen LogP contribution in [-0.4, -0.2) is 31.9 Å². The summed E-state index contributed by atoms with van der Waals surface area (Å²) in [6.07, 6.45) is 0. The average Bonchev–Trinajstić information content (AvgIpc) is 2.29. The molecule has 0 aliphatic rings. The topological polar surface area (TPSA) is 30.5 Å². The van der Waals surface area contributed by atoms with Gasteiger partial charge in [-0.25, -0.2) is 0 Å². The Morgan fingerprint density at radius 1 is 1.00 bits per heavy atom. The fourth-order valence-electron chi connectivity index (χ4n) is 1.47. The second kappa shape index (κ2) is 8.30. The Hall–Kier alpha value is -0.190. The van der Waals surface area contributed by atoms with E-state index >= 15 is 0 Å². The number of rotatable bonds is 7. The largest absolute Gasteiger partial charge is 0.488 e. The van der Waals surface area contributed by atoms with Crippen LogP contribution in [-0.2, 0) is 4.74 Å². The van der Waals surface area contributed by atoms with Crippen LogP contribution in [0.3, 0.4) is 0 Å². The van der Waals surface area contributed by atoms with Crippen molar-refractivity contribution in [3.63, 3.8) is 0 Å². The molecule has 0 heterocycles. The van der Waals surface area contributed by atoms with Crippen LogP contribution in [0.5, 0.6) is 5.75 Å². The average molecular weight is 341 g/mol. The molecule has 0 aliphatic heterocycles. The molecular formula is C14H20Cl3NO2. The van der Waals surface area contributed by atoms with Gasteiger partial charge >= 0.3 is 0 Å². The molecule has 0 bridgehead atoms. The lowest BCUT2D eigenvalue weighted by Gasteiger charge is -2.20. The van der Waals surface area contributed by atoms with E-state index in [0.29, 0.717) is 40.6 Å². The summed E-state index contributed by atoms with van der Waals surface area (Å²) in [4.78, 5) is 0. The molecule has 0 fully saturated rings. The van der Waals surface area contributed by atoms with E-state index in [9.17, 15) is 0 Å². The molecule has 0 saturated carbocycles. The Balaban J connectivity index is 2.22. The van der Waals surface area contributed by atoms with Crippen molar-refractivity contribution >= 4 is 34.8 Å². The first-order valence-corrected chi connectivity index (χ1v) is 7.53. The van der Waals surface area contributed by atoms with E-state index in [1.54, 1.807) is 12.1 Å². The molecule has 0 atom stereocenters. The number of halogens is 3. The van der Waals surface area contributed by atoms with Crippen molar-refractivity contribution in [2.24, 2.45) is 0 Å². The van der Waals surface area contributed by atoms with E-state index < -0.39 is 0 Å². The highest BCUT2D eigenvalue weighted by molar-refractivity contribution is 6.40. The van der Waals surface area contributed by atoms with Gasteiger partial charge in [-0.1, -0.05) is 34.8 Å². The molecule has 20 heavy (non-hydrogen) atoms. The summed E-state index contributed by atoms with van der Waals surface area (Å²) in [6.45, 7) is 8.62. The molecule has 0 spiro atoms. The smallest absolute Gasteiger partial charge is 0.156 e. The van der Waals surface area contributed by atoms with Crippen molar-refractivity contribution in [2.45, 2.75) is 26.3 Å². The molecule has 0 aliphatic carbocycles. The summed E-state index contributed by atoms with van der Waals surface area (Å²) >= 11 is 17.8. The van der Waals surface area contributed by atoms with Crippen molar-refractivity contribution in [2.75, 3.05) is 26.4 Å². The Labute approximate surface area is 135 Å². The van der Waals surface area contributed by atoms with Gasteiger partial charge in [0.05, 0.1) is 23.3 Å². The lowest BCUT2D eigenvalue weighted by molar-refractivity contribution is 0.0985. The fraction of sp³-hybridized carbons (Fsp3) is 0.571. The molecule has 1 aromatic rings. The van der Waals surface area contributed by atoms with Crippen LogP contribution in [0.25, 0.3) is 0 Å². The van der Waals surface area contributed by atoms with Gasteiger partial charge in [-0.15, -0.1) is 0 Å². The van der Waals surface area contributed by atoms with E-state index in [2.05, 4.69) is 26.1 Å². The van der Waals surface area contributed by atoms with E-state index in [-0.39, 0.29) is 5.54 Å². The normalized spacial score (nSPS) is 11.7. The highest BCUT2D eigenvalue weighted by atomic mass is 35.5. The van der Waals surface area contributed by atoms with Crippen LogP contribution in [0.1, 0.15) is 20.8 Å². The third-order valence-electron chi connectivity index (χ3n) is 2.34. The number of ether oxygens (including phenoxy) is 2. The molecule has 3 nitrogen and oxygen atoms in total. The first-order valence-electron chi connectivity index (χ1n) is 6.40. The maximum absolute atomic E-state index is 6.00. The summed E-state index contributed by atoms with van der Waals surface area (Å²) < 4.78 is 11.0. The highest BCUT2D eigenvalue weighted by Crippen LogP contribution is 2.35.